The summed E-state index contributed by atoms with van der Waals surface area (Å²) >= 11 is 1.60. The summed E-state index contributed by atoms with van der Waals surface area (Å²) in [6, 6.07) is 0. The maximum absolute atomic E-state index is 11.4. The van der Waals surface area contributed by atoms with Crippen molar-refractivity contribution < 1.29 is 9.53 Å². The minimum absolute atomic E-state index is 0.201. The first-order valence-electron chi connectivity index (χ1n) is 6.41. The highest BCUT2D eigenvalue weighted by molar-refractivity contribution is 7.13. The van der Waals surface area contributed by atoms with Crippen molar-refractivity contribution in [2.45, 2.75) is 26.7 Å². The van der Waals surface area contributed by atoms with Crippen molar-refractivity contribution in [1.82, 2.24) is 4.98 Å². The number of thiazole rings is 1. The second-order valence-corrected chi connectivity index (χ2v) is 5.79. The lowest BCUT2D eigenvalue weighted by Gasteiger charge is -2.14. The van der Waals surface area contributed by atoms with Crippen LogP contribution in [0.5, 0.6) is 0 Å². The van der Waals surface area contributed by atoms with Gasteiger partial charge in [-0.2, -0.15) is 0 Å². The molecule has 2 rings (SSSR count). The van der Waals surface area contributed by atoms with Gasteiger partial charge in [-0.3, -0.25) is 4.79 Å². The summed E-state index contributed by atoms with van der Waals surface area (Å²) in [5.41, 5.74) is 0.809. The zero-order valence-electron chi connectivity index (χ0n) is 11.2. The number of ether oxygens (including phenoxy) is 1. The summed E-state index contributed by atoms with van der Waals surface area (Å²) in [6.07, 6.45) is 1.60. The second-order valence-electron chi connectivity index (χ2n) is 4.96. The van der Waals surface area contributed by atoms with E-state index in [9.17, 15) is 4.79 Å². The number of anilines is 1. The first-order chi connectivity index (χ1) is 8.60. The fraction of sp³-hybridized carbons (Fsp3) is 0.692. The Morgan fingerprint density at radius 3 is 3.00 bits per heavy atom. The first kappa shape index (κ1) is 13.3. The summed E-state index contributed by atoms with van der Waals surface area (Å²) in [5.74, 6) is 1.46. The van der Waals surface area contributed by atoms with Crippen molar-refractivity contribution >= 4 is 22.4 Å². The van der Waals surface area contributed by atoms with Gasteiger partial charge in [-0.25, -0.2) is 4.98 Å². The summed E-state index contributed by atoms with van der Waals surface area (Å²) in [5, 5.41) is 2.94. The lowest BCUT2D eigenvalue weighted by molar-refractivity contribution is -0.142. The molecule has 0 spiro atoms. The van der Waals surface area contributed by atoms with Crippen LogP contribution in [0.25, 0.3) is 0 Å². The smallest absolute Gasteiger partial charge is 0.311 e. The maximum atomic E-state index is 11.4. The molecule has 1 aliphatic rings. The van der Waals surface area contributed by atoms with Crippen molar-refractivity contribution in [2.75, 3.05) is 25.1 Å². The van der Waals surface area contributed by atoms with Crippen LogP contribution in [0.3, 0.4) is 0 Å². The Kier molecular flexibility index (Phi) is 4.22. The number of rotatable bonds is 6. The Labute approximate surface area is 112 Å². The molecule has 4 nitrogen and oxygen atoms in total. The van der Waals surface area contributed by atoms with Crippen molar-refractivity contribution in [3.05, 3.63) is 11.1 Å². The molecule has 1 fully saturated rings. The molecule has 1 heterocycles. The molecule has 1 aromatic heterocycles. The zero-order chi connectivity index (χ0) is 13.1. The monoisotopic (exact) mass is 268 g/mol. The Bertz CT molecular complexity index is 419. The predicted octanol–water partition coefficient (Wildman–Crippen LogP) is 2.34. The summed E-state index contributed by atoms with van der Waals surface area (Å²) in [4.78, 5) is 18.0. The summed E-state index contributed by atoms with van der Waals surface area (Å²) in [7, 11) is 2.07. The van der Waals surface area contributed by atoms with E-state index in [0.29, 0.717) is 6.61 Å². The highest BCUT2D eigenvalue weighted by atomic mass is 32.1. The number of aromatic nitrogens is 1. The van der Waals surface area contributed by atoms with Crippen LogP contribution in [0.1, 0.15) is 26.0 Å². The van der Waals surface area contributed by atoms with Gasteiger partial charge in [-0.05, 0) is 25.2 Å². The molecule has 0 aromatic carbocycles. The quantitative estimate of drug-likeness (QED) is 0.743. The van der Waals surface area contributed by atoms with E-state index in [4.69, 9.17) is 4.74 Å². The molecule has 100 valence electrons. The Hall–Kier alpha value is -1.10. The zero-order valence-corrected chi connectivity index (χ0v) is 12.0. The topological polar surface area (TPSA) is 42.4 Å². The molecule has 2 atom stereocenters. The molecular formula is C13H20N2O2S. The molecule has 1 aromatic rings. The van der Waals surface area contributed by atoms with Gasteiger partial charge < -0.3 is 9.64 Å². The Morgan fingerprint density at radius 2 is 2.39 bits per heavy atom. The van der Waals surface area contributed by atoms with Crippen LogP contribution >= 0.6 is 11.3 Å². The highest BCUT2D eigenvalue weighted by Crippen LogP contribution is 2.38. The lowest BCUT2D eigenvalue weighted by atomic mass is 10.3. The maximum Gasteiger partial charge on any atom is 0.311 e. The second kappa shape index (κ2) is 5.69. The van der Waals surface area contributed by atoms with Crippen LogP contribution in [-0.2, 0) is 16.0 Å². The fourth-order valence-electron chi connectivity index (χ4n) is 2.00. The minimum Gasteiger partial charge on any atom is -0.466 e. The summed E-state index contributed by atoms with van der Waals surface area (Å²) in [6.45, 7) is 5.59. The third kappa shape index (κ3) is 3.45. The molecule has 1 saturated carbocycles. The van der Waals surface area contributed by atoms with Gasteiger partial charge in [0.25, 0.3) is 0 Å². The number of hydrogen-bond acceptors (Lipinski definition) is 5. The molecule has 0 saturated heterocycles. The molecule has 5 heteroatoms. The van der Waals surface area contributed by atoms with Gasteiger partial charge in [0.05, 0.1) is 18.7 Å². The molecule has 1 aliphatic carbocycles. The van der Waals surface area contributed by atoms with E-state index in [0.717, 1.165) is 29.2 Å². The third-order valence-electron chi connectivity index (χ3n) is 3.28. The van der Waals surface area contributed by atoms with Crippen LogP contribution in [0.2, 0.25) is 0 Å². The molecule has 0 N–H and O–H groups in total. The molecule has 0 amide bonds. The average molecular weight is 268 g/mol. The third-order valence-corrected chi connectivity index (χ3v) is 4.29. The van der Waals surface area contributed by atoms with Crippen LogP contribution in [0, 0.1) is 11.8 Å². The number of hydrogen-bond donors (Lipinski definition) is 0. The van der Waals surface area contributed by atoms with E-state index in [1.54, 1.807) is 11.3 Å². The van der Waals surface area contributed by atoms with E-state index >= 15 is 0 Å². The van der Waals surface area contributed by atoms with Crippen molar-refractivity contribution in [2.24, 2.45) is 11.8 Å². The van der Waals surface area contributed by atoms with Crippen LogP contribution in [-0.4, -0.2) is 31.2 Å². The standard InChI is InChI=1S/C13H20N2O2S/c1-4-17-12(16)6-11-8-18-13(14-11)15(3)7-10-5-9(10)2/h8-10H,4-7H2,1-3H3. The van der Waals surface area contributed by atoms with E-state index < -0.39 is 0 Å². The molecule has 18 heavy (non-hydrogen) atoms. The van der Waals surface area contributed by atoms with E-state index in [1.807, 2.05) is 12.3 Å². The van der Waals surface area contributed by atoms with Gasteiger partial charge in [0.15, 0.2) is 5.13 Å². The largest absolute Gasteiger partial charge is 0.466 e. The van der Waals surface area contributed by atoms with Crippen molar-refractivity contribution in [3.63, 3.8) is 0 Å². The number of esters is 1. The predicted molar refractivity (Wildman–Crippen MR) is 73.0 cm³/mol. The van der Waals surface area contributed by atoms with Crippen LogP contribution in [0.4, 0.5) is 5.13 Å². The number of carbonyl (C=O) groups excluding carboxylic acids is 1. The van der Waals surface area contributed by atoms with Gasteiger partial charge in [0.1, 0.15) is 0 Å². The lowest BCUT2D eigenvalue weighted by Crippen LogP contribution is -2.20. The Morgan fingerprint density at radius 1 is 1.67 bits per heavy atom. The van der Waals surface area contributed by atoms with Gasteiger partial charge in [-0.15, -0.1) is 11.3 Å². The van der Waals surface area contributed by atoms with Crippen LogP contribution in [0.15, 0.2) is 5.38 Å². The molecule has 0 aliphatic heterocycles. The average Bonchev–Trinajstić information content (AvgIpc) is 2.81. The van der Waals surface area contributed by atoms with Gasteiger partial charge in [-0.1, -0.05) is 6.92 Å². The normalized spacial score (nSPS) is 21.7. The SMILES string of the molecule is CCOC(=O)Cc1csc(N(C)CC2CC2C)n1. The number of nitrogens with zero attached hydrogens (tertiary/aromatic N) is 2. The van der Waals surface area contributed by atoms with Crippen LogP contribution < -0.4 is 4.90 Å². The van der Waals surface area contributed by atoms with E-state index in [1.165, 1.54) is 6.42 Å². The Balaban J connectivity index is 1.86. The van der Waals surface area contributed by atoms with Crippen molar-refractivity contribution in [1.29, 1.82) is 0 Å². The van der Waals surface area contributed by atoms with Gasteiger partial charge >= 0.3 is 5.97 Å². The van der Waals surface area contributed by atoms with Crippen molar-refractivity contribution in [3.8, 4) is 0 Å². The van der Waals surface area contributed by atoms with E-state index in [2.05, 4.69) is 23.9 Å². The van der Waals surface area contributed by atoms with Gasteiger partial charge in [0, 0.05) is 19.0 Å². The molecule has 2 unspecified atom stereocenters. The molecular weight excluding hydrogens is 248 g/mol. The first-order valence-corrected chi connectivity index (χ1v) is 7.29. The molecule has 0 radical (unpaired) electrons. The fourth-order valence-corrected chi connectivity index (χ4v) is 2.80. The number of carbonyl (C=O) groups is 1. The minimum atomic E-state index is -0.201. The summed E-state index contributed by atoms with van der Waals surface area (Å²) < 4.78 is 4.92. The van der Waals surface area contributed by atoms with Gasteiger partial charge in [0.2, 0.25) is 0 Å². The van der Waals surface area contributed by atoms with E-state index in [-0.39, 0.29) is 12.4 Å². The highest BCUT2D eigenvalue weighted by Gasteiger charge is 2.33. The molecule has 0 bridgehead atoms.